The molecule has 69 heavy (non-hydrogen) atoms. The highest BCUT2D eigenvalue weighted by molar-refractivity contribution is 6.76. The van der Waals surface area contributed by atoms with Gasteiger partial charge in [0.1, 0.15) is 40.1 Å². The summed E-state index contributed by atoms with van der Waals surface area (Å²) in [4.78, 5) is 107. The van der Waals surface area contributed by atoms with E-state index in [0.717, 1.165) is 22.8 Å². The number of hydrogen-bond donors (Lipinski definition) is 5. The zero-order valence-corrected chi connectivity index (χ0v) is 42.6. The average molecular weight is 974 g/mol. The van der Waals surface area contributed by atoms with Crippen molar-refractivity contribution in [3.05, 3.63) is 77.4 Å². The van der Waals surface area contributed by atoms with Gasteiger partial charge in [0, 0.05) is 21.0 Å². The lowest BCUT2D eigenvalue weighted by Gasteiger charge is -2.38. The lowest BCUT2D eigenvalue weighted by atomic mass is 9.80. The van der Waals surface area contributed by atoms with Gasteiger partial charge in [-0.05, 0) is 107 Å². The predicted octanol–water partition coefficient (Wildman–Crippen LogP) is 5.35. The number of amides is 5. The van der Waals surface area contributed by atoms with Gasteiger partial charge in [0.25, 0.3) is 0 Å². The normalized spacial score (nSPS) is 14.6. The number of benzene rings is 3. The molecule has 3 aromatic carbocycles. The Kier molecular flexibility index (Phi) is 19.5. The molecule has 1 aliphatic rings. The van der Waals surface area contributed by atoms with E-state index in [-0.39, 0.29) is 43.7 Å². The van der Waals surface area contributed by atoms with E-state index in [1.54, 1.807) is 41.5 Å². The van der Waals surface area contributed by atoms with Crippen molar-refractivity contribution in [3.63, 3.8) is 0 Å². The second kappa shape index (κ2) is 24.3. The second-order valence-corrected chi connectivity index (χ2v) is 26.4. The van der Waals surface area contributed by atoms with Gasteiger partial charge >= 0.3 is 23.8 Å². The van der Waals surface area contributed by atoms with Gasteiger partial charge in [-0.1, -0.05) is 87.4 Å². The summed E-state index contributed by atoms with van der Waals surface area (Å²) in [5.74, 6) is -7.01. The second-order valence-electron chi connectivity index (χ2n) is 20.7. The molecule has 5 amide bonds. The number of hydrogen-bond acceptors (Lipinski definition) is 12. The van der Waals surface area contributed by atoms with Crippen LogP contribution in [0.4, 0.5) is 0 Å². The first-order valence-electron chi connectivity index (χ1n) is 23.6. The molecule has 0 spiro atoms. The molecule has 2 atom stereocenters. The fourth-order valence-corrected chi connectivity index (χ4v) is 8.44. The first kappa shape index (κ1) is 55.3. The fourth-order valence-electron chi connectivity index (χ4n) is 7.73. The molecule has 1 saturated carbocycles. The molecular formula is C51H71N5O12Si. The molecule has 0 aliphatic heterocycles. The first-order valence-corrected chi connectivity index (χ1v) is 27.3. The van der Waals surface area contributed by atoms with E-state index in [4.69, 9.17) is 24.7 Å². The summed E-state index contributed by atoms with van der Waals surface area (Å²) in [5.41, 5.74) is 3.45. The average Bonchev–Trinajstić information content (AvgIpc) is 3.25. The molecule has 1 aliphatic carbocycles. The number of primary amides is 1. The summed E-state index contributed by atoms with van der Waals surface area (Å²) in [7, 11) is -1.62. The summed E-state index contributed by atoms with van der Waals surface area (Å²) in [6.45, 7) is 16.0. The smallest absolute Gasteiger partial charge is 0.397 e. The van der Waals surface area contributed by atoms with E-state index in [1.165, 1.54) is 18.2 Å². The van der Waals surface area contributed by atoms with Crippen LogP contribution in [0.25, 0.3) is 10.8 Å². The molecule has 0 radical (unpaired) electrons. The highest BCUT2D eigenvalue weighted by Gasteiger charge is 2.44. The summed E-state index contributed by atoms with van der Waals surface area (Å²) in [6.07, 6.45) is 2.45. The van der Waals surface area contributed by atoms with Gasteiger partial charge in [-0.15, -0.1) is 0 Å². The number of nitrogens with two attached hydrogens (primary N) is 1. The molecule has 18 heteroatoms. The number of aryl methyl sites for hydroxylation is 1. The molecule has 0 saturated heterocycles. The predicted molar refractivity (Wildman–Crippen MR) is 263 cm³/mol. The Bertz CT molecular complexity index is 2340. The number of esters is 3. The Balaban J connectivity index is 1.60. The number of ether oxygens (including phenoxy) is 4. The van der Waals surface area contributed by atoms with Crippen molar-refractivity contribution < 1.29 is 57.3 Å². The Labute approximate surface area is 406 Å². The molecular weight excluding hydrogens is 903 g/mol. The van der Waals surface area contributed by atoms with Crippen LogP contribution in [0.3, 0.4) is 0 Å². The number of fused-ring (bicyclic) bond motifs is 1. The van der Waals surface area contributed by atoms with E-state index in [9.17, 15) is 38.4 Å². The van der Waals surface area contributed by atoms with Crippen LogP contribution in [0.2, 0.25) is 25.7 Å². The number of rotatable bonds is 21. The zero-order valence-electron chi connectivity index (χ0n) is 41.6. The molecule has 3 aromatic rings. The van der Waals surface area contributed by atoms with Crippen LogP contribution in [0.5, 0.6) is 5.75 Å². The SMILES string of the molecule is CC(C)(C)OC(=O)COc1ccc(C[C@H](NC(=O)C(=O)OC(C)(C)C)C(=O)NC2(C(=O)N[C@@H](CC(N)=O)C(=O)NCCCc3cccc4ccccc34)CCCCC2)cc1C(=O)OCC[Si](C)(C)C. The van der Waals surface area contributed by atoms with E-state index >= 15 is 0 Å². The van der Waals surface area contributed by atoms with E-state index < -0.39 is 97.4 Å². The Morgan fingerprint density at radius 1 is 0.783 bits per heavy atom. The molecule has 0 heterocycles. The van der Waals surface area contributed by atoms with Crippen molar-refractivity contribution >= 4 is 66.3 Å². The van der Waals surface area contributed by atoms with Crippen LogP contribution in [-0.2, 0) is 60.6 Å². The largest absolute Gasteiger partial charge is 0.481 e. The van der Waals surface area contributed by atoms with Crippen LogP contribution in [0.1, 0.15) is 108 Å². The van der Waals surface area contributed by atoms with Crippen LogP contribution < -0.4 is 31.7 Å². The minimum atomic E-state index is -1.62. The van der Waals surface area contributed by atoms with E-state index in [2.05, 4.69) is 40.9 Å². The molecule has 4 rings (SSSR count). The highest BCUT2D eigenvalue weighted by atomic mass is 28.3. The Hall–Kier alpha value is -6.30. The van der Waals surface area contributed by atoms with Gasteiger partial charge in [0.05, 0.1) is 13.0 Å². The van der Waals surface area contributed by atoms with Crippen molar-refractivity contribution in [2.24, 2.45) is 5.73 Å². The van der Waals surface area contributed by atoms with Crippen LogP contribution in [-0.4, -0.2) is 104 Å². The third kappa shape index (κ3) is 18.3. The fraction of sp³-hybridized carbons (Fsp3) is 0.529. The molecule has 17 nitrogen and oxygen atoms in total. The van der Waals surface area contributed by atoms with Gasteiger partial charge in [-0.3, -0.25) is 24.0 Å². The number of carbonyl (C=O) groups is 8. The maximum Gasteiger partial charge on any atom is 0.397 e. The van der Waals surface area contributed by atoms with Crippen molar-refractivity contribution in [1.29, 1.82) is 0 Å². The van der Waals surface area contributed by atoms with Gasteiger partial charge in [0.15, 0.2) is 6.61 Å². The Morgan fingerprint density at radius 3 is 2.10 bits per heavy atom. The van der Waals surface area contributed by atoms with Gasteiger partial charge < -0.3 is 45.9 Å². The molecule has 376 valence electrons. The summed E-state index contributed by atoms with van der Waals surface area (Å²) in [6, 6.07) is 16.1. The van der Waals surface area contributed by atoms with Gasteiger partial charge in [0.2, 0.25) is 23.6 Å². The third-order valence-electron chi connectivity index (χ3n) is 11.1. The minimum Gasteiger partial charge on any atom is -0.481 e. The lowest BCUT2D eigenvalue weighted by Crippen LogP contribution is -2.65. The quantitative estimate of drug-likeness (QED) is 0.0298. The molecule has 6 N–H and O–H groups in total. The van der Waals surface area contributed by atoms with Crippen LogP contribution in [0.15, 0.2) is 60.7 Å². The summed E-state index contributed by atoms with van der Waals surface area (Å²) in [5, 5.41) is 13.0. The monoisotopic (exact) mass is 973 g/mol. The summed E-state index contributed by atoms with van der Waals surface area (Å²) >= 11 is 0. The maximum absolute atomic E-state index is 14.6. The lowest BCUT2D eigenvalue weighted by molar-refractivity contribution is -0.164. The van der Waals surface area contributed by atoms with Crippen molar-refractivity contribution in [1.82, 2.24) is 21.3 Å². The Morgan fingerprint density at radius 2 is 1.45 bits per heavy atom. The number of carbonyl (C=O) groups excluding carboxylic acids is 8. The first-order chi connectivity index (χ1) is 32.2. The van der Waals surface area contributed by atoms with E-state index in [0.29, 0.717) is 37.3 Å². The number of nitrogens with one attached hydrogen (secondary N) is 4. The zero-order chi connectivity index (χ0) is 51.2. The van der Waals surface area contributed by atoms with E-state index in [1.807, 2.05) is 42.5 Å². The van der Waals surface area contributed by atoms with Crippen LogP contribution in [0, 0.1) is 0 Å². The van der Waals surface area contributed by atoms with Gasteiger partial charge in [-0.25, -0.2) is 14.4 Å². The molecule has 1 fully saturated rings. The summed E-state index contributed by atoms with van der Waals surface area (Å²) < 4.78 is 22.0. The van der Waals surface area contributed by atoms with Gasteiger partial charge in [-0.2, -0.15) is 0 Å². The maximum atomic E-state index is 14.6. The molecule has 0 aromatic heterocycles. The highest BCUT2D eigenvalue weighted by Crippen LogP contribution is 2.30. The van der Waals surface area contributed by atoms with Crippen molar-refractivity contribution in [2.45, 2.75) is 154 Å². The molecule has 0 bridgehead atoms. The topological polar surface area (TPSA) is 248 Å². The van der Waals surface area contributed by atoms with Crippen molar-refractivity contribution in [3.8, 4) is 5.75 Å². The standard InChI is InChI=1S/C51H71N5O12Si/c1-49(2,3)67-42(58)32-66-40-23-22-33(29-37(40)46(62)65-27-28-69(7,8)9)30-38(54-45(61)47(63)68-50(4,5)6)44(60)56-51(24-13-10-14-25-51)48(64)55-39(31-41(52)57)43(59)53-26-16-20-35-19-15-18-34-17-11-12-21-36(34)35/h11-12,15,17-19,21-23,29,38-39H,10,13-14,16,20,24-28,30-32H2,1-9H3,(H2,52,57)(H,53,59)(H,54,61)(H,55,64)(H,56,60)/t38-,39-/m0/s1. The minimum absolute atomic E-state index is 0.00129. The molecule has 0 unspecified atom stereocenters. The van der Waals surface area contributed by atoms with Crippen molar-refractivity contribution in [2.75, 3.05) is 19.8 Å². The third-order valence-corrected chi connectivity index (χ3v) is 12.8. The van der Waals surface area contributed by atoms with Crippen LogP contribution >= 0.6 is 0 Å².